The Balaban J connectivity index is 1.96. The Morgan fingerprint density at radius 3 is 2.42 bits per heavy atom. The third-order valence-electron chi connectivity index (χ3n) is 4.25. The highest BCUT2D eigenvalue weighted by Gasteiger charge is 2.31. The van der Waals surface area contributed by atoms with Crippen LogP contribution in [-0.2, 0) is 19.1 Å². The minimum absolute atomic E-state index is 0.222. The van der Waals surface area contributed by atoms with E-state index in [2.05, 4.69) is 5.32 Å². The van der Waals surface area contributed by atoms with Crippen LogP contribution in [0.2, 0.25) is 0 Å². The summed E-state index contributed by atoms with van der Waals surface area (Å²) in [5.41, 5.74) is 0.353. The van der Waals surface area contributed by atoms with Gasteiger partial charge in [0.2, 0.25) is 0 Å². The Labute approximate surface area is 152 Å². The van der Waals surface area contributed by atoms with Crippen LogP contribution < -0.4 is 14.8 Å². The molecule has 26 heavy (non-hydrogen) atoms. The van der Waals surface area contributed by atoms with E-state index in [4.69, 9.17) is 14.2 Å². The first-order chi connectivity index (χ1) is 12.5. The highest BCUT2D eigenvalue weighted by molar-refractivity contribution is 6.39. The second-order valence-corrected chi connectivity index (χ2v) is 5.84. The zero-order valence-electron chi connectivity index (χ0n) is 15.2. The van der Waals surface area contributed by atoms with Gasteiger partial charge in [0.1, 0.15) is 11.5 Å². The van der Waals surface area contributed by atoms with E-state index in [1.165, 1.54) is 19.1 Å². The van der Waals surface area contributed by atoms with Gasteiger partial charge in [-0.15, -0.1) is 0 Å². The number of rotatable bonds is 5. The monoisotopic (exact) mass is 364 g/mol. The first kappa shape index (κ1) is 19.6. The third-order valence-corrected chi connectivity index (χ3v) is 4.25. The summed E-state index contributed by atoms with van der Waals surface area (Å²) in [7, 11) is 2.98. The third kappa shape index (κ3) is 4.65. The van der Waals surface area contributed by atoms with Crippen molar-refractivity contribution in [2.45, 2.75) is 19.8 Å². The molecule has 0 bridgehead atoms. The van der Waals surface area contributed by atoms with Gasteiger partial charge in [-0.1, -0.05) is 0 Å². The summed E-state index contributed by atoms with van der Waals surface area (Å²) in [5.74, 6) is -0.911. The topological polar surface area (TPSA) is 94.2 Å². The van der Waals surface area contributed by atoms with Gasteiger partial charge in [0, 0.05) is 19.2 Å². The maximum Gasteiger partial charge on any atom is 0.314 e. The molecule has 8 nitrogen and oxygen atoms in total. The number of likely N-dealkylation sites (tertiary alicyclic amines) is 1. The fraction of sp³-hybridized carbons (Fsp3) is 0.500. The summed E-state index contributed by atoms with van der Waals surface area (Å²) in [6, 6.07) is 4.91. The minimum atomic E-state index is -0.758. The molecule has 1 saturated heterocycles. The zero-order chi connectivity index (χ0) is 19.1. The van der Waals surface area contributed by atoms with Gasteiger partial charge in [0.05, 0.1) is 32.4 Å². The number of esters is 1. The van der Waals surface area contributed by atoms with Crippen molar-refractivity contribution in [2.24, 2.45) is 5.92 Å². The first-order valence-corrected chi connectivity index (χ1v) is 8.49. The predicted octanol–water partition coefficient (Wildman–Crippen LogP) is 1.44. The number of carbonyl (C=O) groups excluding carboxylic acids is 3. The molecule has 1 N–H and O–H groups in total. The normalized spacial score (nSPS) is 14.5. The summed E-state index contributed by atoms with van der Waals surface area (Å²) in [5, 5.41) is 2.56. The summed E-state index contributed by atoms with van der Waals surface area (Å²) in [4.78, 5) is 37.9. The highest BCUT2D eigenvalue weighted by Crippen LogP contribution is 2.29. The van der Waals surface area contributed by atoms with Crippen molar-refractivity contribution >= 4 is 23.5 Å². The molecule has 142 valence electrons. The first-order valence-electron chi connectivity index (χ1n) is 8.49. The largest absolute Gasteiger partial charge is 0.497 e. The van der Waals surface area contributed by atoms with Gasteiger partial charge in [-0.25, -0.2) is 0 Å². The number of hydrogen-bond donors (Lipinski definition) is 1. The van der Waals surface area contributed by atoms with Crippen molar-refractivity contribution < 1.29 is 28.6 Å². The van der Waals surface area contributed by atoms with Gasteiger partial charge in [-0.2, -0.15) is 0 Å². The average molecular weight is 364 g/mol. The molecule has 0 spiro atoms. The standard InChI is InChI=1S/C18H24N2O6/c1-4-26-18(23)12-7-9-20(10-8-12)17(22)16(21)19-14-11-13(24-2)5-6-15(14)25-3/h5-6,11-12H,4,7-10H2,1-3H3,(H,19,21). The smallest absolute Gasteiger partial charge is 0.314 e. The fourth-order valence-corrected chi connectivity index (χ4v) is 2.81. The minimum Gasteiger partial charge on any atom is -0.497 e. The summed E-state index contributed by atoms with van der Waals surface area (Å²) < 4.78 is 15.3. The van der Waals surface area contributed by atoms with Crippen LogP contribution in [0.1, 0.15) is 19.8 Å². The molecular formula is C18H24N2O6. The molecular weight excluding hydrogens is 340 g/mol. The van der Waals surface area contributed by atoms with E-state index >= 15 is 0 Å². The van der Waals surface area contributed by atoms with Crippen LogP contribution in [-0.4, -0.2) is 56.6 Å². The summed E-state index contributed by atoms with van der Waals surface area (Å²) >= 11 is 0. The second-order valence-electron chi connectivity index (χ2n) is 5.84. The predicted molar refractivity (Wildman–Crippen MR) is 94.1 cm³/mol. The number of anilines is 1. The van der Waals surface area contributed by atoms with Crippen LogP contribution >= 0.6 is 0 Å². The average Bonchev–Trinajstić information content (AvgIpc) is 2.67. The number of ether oxygens (including phenoxy) is 3. The maximum absolute atomic E-state index is 12.4. The van der Waals surface area contributed by atoms with E-state index in [9.17, 15) is 14.4 Å². The fourth-order valence-electron chi connectivity index (χ4n) is 2.81. The Kier molecular flexibility index (Phi) is 6.82. The van der Waals surface area contributed by atoms with Gasteiger partial charge in [0.15, 0.2) is 0 Å². The number of piperidine rings is 1. The molecule has 1 fully saturated rings. The Hall–Kier alpha value is -2.77. The number of nitrogens with one attached hydrogen (secondary N) is 1. The molecule has 0 atom stereocenters. The molecule has 1 aromatic rings. The van der Waals surface area contributed by atoms with Gasteiger partial charge in [-0.3, -0.25) is 14.4 Å². The van der Waals surface area contributed by atoms with Crippen LogP contribution in [0, 0.1) is 5.92 Å². The molecule has 1 heterocycles. The van der Waals surface area contributed by atoms with Gasteiger partial charge in [0.25, 0.3) is 0 Å². The maximum atomic E-state index is 12.4. The van der Waals surface area contributed by atoms with Crippen molar-refractivity contribution in [1.82, 2.24) is 4.90 Å². The van der Waals surface area contributed by atoms with Crippen LogP contribution in [0.25, 0.3) is 0 Å². The zero-order valence-corrected chi connectivity index (χ0v) is 15.2. The van der Waals surface area contributed by atoms with Crippen molar-refractivity contribution in [3.8, 4) is 11.5 Å². The van der Waals surface area contributed by atoms with Crippen molar-refractivity contribution in [3.05, 3.63) is 18.2 Å². The summed E-state index contributed by atoms with van der Waals surface area (Å²) in [6.45, 7) is 2.77. The van der Waals surface area contributed by atoms with Crippen LogP contribution in [0.5, 0.6) is 11.5 Å². The van der Waals surface area contributed by atoms with E-state index in [0.29, 0.717) is 49.7 Å². The lowest BCUT2D eigenvalue weighted by molar-refractivity contribution is -0.152. The van der Waals surface area contributed by atoms with Crippen molar-refractivity contribution in [3.63, 3.8) is 0 Å². The molecule has 1 aliphatic rings. The van der Waals surface area contributed by atoms with E-state index in [1.54, 1.807) is 25.1 Å². The lowest BCUT2D eigenvalue weighted by Crippen LogP contribution is -2.45. The summed E-state index contributed by atoms with van der Waals surface area (Å²) in [6.07, 6.45) is 0.973. The SMILES string of the molecule is CCOC(=O)C1CCN(C(=O)C(=O)Nc2cc(OC)ccc2OC)CC1. The number of nitrogens with zero attached hydrogens (tertiary/aromatic N) is 1. The molecule has 0 aliphatic carbocycles. The van der Waals surface area contributed by atoms with E-state index in [0.717, 1.165) is 0 Å². The number of amides is 2. The lowest BCUT2D eigenvalue weighted by Gasteiger charge is -2.30. The molecule has 0 unspecified atom stereocenters. The second kappa shape index (κ2) is 9.07. The van der Waals surface area contributed by atoms with E-state index in [1.807, 2.05) is 0 Å². The quantitative estimate of drug-likeness (QED) is 0.628. The molecule has 8 heteroatoms. The lowest BCUT2D eigenvalue weighted by atomic mass is 9.97. The number of carbonyl (C=O) groups is 3. The highest BCUT2D eigenvalue weighted by atomic mass is 16.5. The van der Waals surface area contributed by atoms with Gasteiger partial charge < -0.3 is 24.4 Å². The van der Waals surface area contributed by atoms with Gasteiger partial charge >= 0.3 is 17.8 Å². The number of benzene rings is 1. The van der Waals surface area contributed by atoms with E-state index in [-0.39, 0.29) is 11.9 Å². The van der Waals surface area contributed by atoms with Crippen LogP contribution in [0.4, 0.5) is 5.69 Å². The Morgan fingerprint density at radius 1 is 1.15 bits per heavy atom. The molecule has 1 aliphatic heterocycles. The van der Waals surface area contributed by atoms with Crippen molar-refractivity contribution in [2.75, 3.05) is 39.2 Å². The number of hydrogen-bond acceptors (Lipinski definition) is 6. The van der Waals surface area contributed by atoms with E-state index < -0.39 is 11.8 Å². The van der Waals surface area contributed by atoms with Gasteiger partial charge in [-0.05, 0) is 31.9 Å². The van der Waals surface area contributed by atoms with Crippen LogP contribution in [0.3, 0.4) is 0 Å². The van der Waals surface area contributed by atoms with Crippen molar-refractivity contribution in [1.29, 1.82) is 0 Å². The number of methoxy groups -OCH3 is 2. The molecule has 2 amide bonds. The molecule has 0 saturated carbocycles. The molecule has 0 aromatic heterocycles. The molecule has 1 aromatic carbocycles. The molecule has 0 radical (unpaired) electrons. The Morgan fingerprint density at radius 2 is 1.85 bits per heavy atom. The Bertz CT molecular complexity index is 668. The molecule has 2 rings (SSSR count). The van der Waals surface area contributed by atoms with Crippen LogP contribution in [0.15, 0.2) is 18.2 Å².